The average molecular weight is 494 g/mol. The molecular weight excluding hydrogens is 454 g/mol. The van der Waals surface area contributed by atoms with E-state index >= 15 is 0 Å². The molecule has 1 aliphatic carbocycles. The Morgan fingerprint density at radius 1 is 0.944 bits per heavy atom. The zero-order valence-corrected chi connectivity index (χ0v) is 21.8. The molecule has 0 aromatic heterocycles. The summed E-state index contributed by atoms with van der Waals surface area (Å²) in [4.78, 5) is 38.6. The summed E-state index contributed by atoms with van der Waals surface area (Å²) in [7, 11) is 4.11. The van der Waals surface area contributed by atoms with Crippen molar-refractivity contribution in [2.45, 2.75) is 76.2 Å². The minimum atomic E-state index is -0.989. The van der Waals surface area contributed by atoms with Gasteiger partial charge < -0.3 is 14.7 Å². The number of carbonyl (C=O) groups excluding carboxylic acids is 2. The molecule has 0 heterocycles. The first-order valence-electron chi connectivity index (χ1n) is 13.0. The van der Waals surface area contributed by atoms with Crippen LogP contribution in [0.2, 0.25) is 0 Å². The quantitative estimate of drug-likeness (QED) is 0.389. The number of Topliss-reactive ketones (excluding diaryl/α,β-unsaturated/α-hetero) is 1. The monoisotopic (exact) mass is 493 g/mol. The van der Waals surface area contributed by atoms with Crippen LogP contribution in [-0.2, 0) is 20.7 Å². The SMILES string of the molecule is Cc1ccc(C(CN(C)C)C2(OC(=O)CCCC(=O)Cc3ccc(C(=O)O)cc3)CCCCC2)cc1. The standard InChI is InChI=1S/C30H39NO5/c1-22-10-14-24(15-11-22)27(21-31(2)3)30(18-5-4-6-19-30)36-28(33)9-7-8-26(32)20-23-12-16-25(17-13-23)29(34)35/h10-17,27H,4-9,18-21H2,1-3H3,(H,34,35). The van der Waals surface area contributed by atoms with Crippen molar-refractivity contribution in [2.75, 3.05) is 20.6 Å². The highest BCUT2D eigenvalue weighted by molar-refractivity contribution is 5.88. The first-order valence-corrected chi connectivity index (χ1v) is 13.0. The number of nitrogens with zero attached hydrogens (tertiary/aromatic N) is 1. The number of likely N-dealkylation sites (N-methyl/N-ethyl adjacent to an activating group) is 1. The number of hydrogen-bond donors (Lipinski definition) is 1. The molecule has 194 valence electrons. The fourth-order valence-corrected chi connectivity index (χ4v) is 5.20. The number of carboxylic acid groups (broad SMARTS) is 1. The normalized spacial score (nSPS) is 15.9. The van der Waals surface area contributed by atoms with Gasteiger partial charge in [0.25, 0.3) is 0 Å². The van der Waals surface area contributed by atoms with Crippen molar-refractivity contribution < 1.29 is 24.2 Å². The van der Waals surface area contributed by atoms with Gasteiger partial charge in [0, 0.05) is 31.7 Å². The first-order chi connectivity index (χ1) is 17.2. The molecule has 0 aliphatic heterocycles. The van der Waals surface area contributed by atoms with Gasteiger partial charge in [-0.15, -0.1) is 0 Å². The number of carboxylic acids is 1. The summed E-state index contributed by atoms with van der Waals surface area (Å²) in [5.41, 5.74) is 2.86. The Hall–Kier alpha value is -2.99. The molecule has 1 fully saturated rings. The third kappa shape index (κ3) is 7.76. The molecule has 1 unspecified atom stereocenters. The number of benzene rings is 2. The van der Waals surface area contributed by atoms with Gasteiger partial charge in [0.2, 0.25) is 0 Å². The molecule has 1 aliphatic rings. The second kappa shape index (κ2) is 12.8. The molecule has 1 saturated carbocycles. The number of ether oxygens (including phenoxy) is 1. The van der Waals surface area contributed by atoms with Crippen LogP contribution in [-0.4, -0.2) is 54.0 Å². The smallest absolute Gasteiger partial charge is 0.335 e. The number of aromatic carboxylic acids is 1. The van der Waals surface area contributed by atoms with Gasteiger partial charge in [0.1, 0.15) is 11.4 Å². The van der Waals surface area contributed by atoms with Gasteiger partial charge in [-0.1, -0.05) is 48.4 Å². The summed E-state index contributed by atoms with van der Waals surface area (Å²) in [6.45, 7) is 2.88. The number of carbonyl (C=O) groups is 3. The van der Waals surface area contributed by atoms with Crippen LogP contribution < -0.4 is 0 Å². The lowest BCUT2D eigenvalue weighted by Gasteiger charge is -2.44. The number of ketones is 1. The molecule has 0 bridgehead atoms. The molecule has 1 N–H and O–H groups in total. The van der Waals surface area contributed by atoms with Crippen molar-refractivity contribution in [3.63, 3.8) is 0 Å². The third-order valence-corrected chi connectivity index (χ3v) is 7.12. The van der Waals surface area contributed by atoms with E-state index in [0.717, 1.165) is 44.2 Å². The van der Waals surface area contributed by atoms with E-state index < -0.39 is 11.6 Å². The lowest BCUT2D eigenvalue weighted by atomic mass is 9.72. The number of rotatable bonds is 12. The van der Waals surface area contributed by atoms with Gasteiger partial charge in [-0.05, 0) is 76.4 Å². The molecule has 1 atom stereocenters. The Balaban J connectivity index is 1.61. The molecule has 0 spiro atoms. The topological polar surface area (TPSA) is 83.9 Å². The summed E-state index contributed by atoms with van der Waals surface area (Å²) >= 11 is 0. The molecule has 0 saturated heterocycles. The van der Waals surface area contributed by atoms with Crippen LogP contribution in [0.4, 0.5) is 0 Å². The van der Waals surface area contributed by atoms with E-state index in [9.17, 15) is 14.4 Å². The molecule has 0 radical (unpaired) electrons. The third-order valence-electron chi connectivity index (χ3n) is 7.12. The summed E-state index contributed by atoms with van der Waals surface area (Å²) in [6, 6.07) is 14.9. The van der Waals surface area contributed by atoms with Gasteiger partial charge >= 0.3 is 11.9 Å². The predicted octanol–water partition coefficient (Wildman–Crippen LogP) is 5.57. The van der Waals surface area contributed by atoms with Gasteiger partial charge in [-0.3, -0.25) is 9.59 Å². The van der Waals surface area contributed by atoms with Crippen molar-refractivity contribution in [3.8, 4) is 0 Å². The molecular formula is C30H39NO5. The lowest BCUT2D eigenvalue weighted by molar-refractivity contribution is -0.167. The summed E-state index contributed by atoms with van der Waals surface area (Å²) in [5, 5.41) is 9.00. The molecule has 6 nitrogen and oxygen atoms in total. The fraction of sp³-hybridized carbons (Fsp3) is 0.500. The summed E-state index contributed by atoms with van der Waals surface area (Å²) < 4.78 is 6.33. The minimum absolute atomic E-state index is 0.0309. The summed E-state index contributed by atoms with van der Waals surface area (Å²) in [5.74, 6) is -1.10. The van der Waals surface area contributed by atoms with Gasteiger partial charge in [0.05, 0.1) is 5.56 Å². The van der Waals surface area contributed by atoms with E-state index in [1.165, 1.54) is 23.3 Å². The maximum absolute atomic E-state index is 13.0. The van der Waals surface area contributed by atoms with E-state index in [4.69, 9.17) is 9.84 Å². The zero-order chi connectivity index (χ0) is 26.1. The molecule has 36 heavy (non-hydrogen) atoms. The largest absolute Gasteiger partial charge is 0.478 e. The molecule has 2 aromatic carbocycles. The van der Waals surface area contributed by atoms with Crippen molar-refractivity contribution in [1.82, 2.24) is 4.90 Å². The number of aryl methyl sites for hydroxylation is 1. The number of hydrogen-bond acceptors (Lipinski definition) is 5. The molecule has 6 heteroatoms. The molecule has 2 aromatic rings. The van der Waals surface area contributed by atoms with Crippen LogP contribution in [0.3, 0.4) is 0 Å². The highest BCUT2D eigenvalue weighted by Gasteiger charge is 2.44. The van der Waals surface area contributed by atoms with Crippen molar-refractivity contribution in [2.24, 2.45) is 0 Å². The minimum Gasteiger partial charge on any atom is -0.478 e. The Morgan fingerprint density at radius 2 is 1.58 bits per heavy atom. The highest BCUT2D eigenvalue weighted by Crippen LogP contribution is 2.43. The fourth-order valence-electron chi connectivity index (χ4n) is 5.20. The van der Waals surface area contributed by atoms with E-state index in [1.54, 1.807) is 12.1 Å². The van der Waals surface area contributed by atoms with Crippen LogP contribution in [0.1, 0.15) is 84.3 Å². The van der Waals surface area contributed by atoms with Crippen LogP contribution in [0.15, 0.2) is 48.5 Å². The lowest BCUT2D eigenvalue weighted by Crippen LogP contribution is -2.46. The van der Waals surface area contributed by atoms with Crippen LogP contribution in [0.25, 0.3) is 0 Å². The van der Waals surface area contributed by atoms with Crippen LogP contribution >= 0.6 is 0 Å². The maximum Gasteiger partial charge on any atom is 0.335 e. The van der Waals surface area contributed by atoms with Gasteiger partial charge in [0.15, 0.2) is 0 Å². The predicted molar refractivity (Wildman–Crippen MR) is 140 cm³/mol. The van der Waals surface area contributed by atoms with Crippen LogP contribution in [0, 0.1) is 6.92 Å². The van der Waals surface area contributed by atoms with Gasteiger partial charge in [-0.2, -0.15) is 0 Å². The second-order valence-electron chi connectivity index (χ2n) is 10.4. The van der Waals surface area contributed by atoms with Crippen LogP contribution in [0.5, 0.6) is 0 Å². The van der Waals surface area contributed by atoms with Crippen molar-refractivity contribution >= 4 is 17.7 Å². The maximum atomic E-state index is 13.0. The Labute approximate surface area is 214 Å². The average Bonchev–Trinajstić information content (AvgIpc) is 2.84. The van der Waals surface area contributed by atoms with Crippen molar-refractivity contribution in [1.29, 1.82) is 0 Å². The van der Waals surface area contributed by atoms with E-state index in [-0.39, 0.29) is 36.1 Å². The number of esters is 1. The van der Waals surface area contributed by atoms with E-state index in [1.807, 2.05) is 0 Å². The van der Waals surface area contributed by atoms with E-state index in [2.05, 4.69) is 50.2 Å². The molecule has 3 rings (SSSR count). The Bertz CT molecular complexity index is 1020. The van der Waals surface area contributed by atoms with Gasteiger partial charge in [-0.25, -0.2) is 4.79 Å². The second-order valence-corrected chi connectivity index (χ2v) is 10.4. The Morgan fingerprint density at radius 3 is 2.17 bits per heavy atom. The zero-order valence-electron chi connectivity index (χ0n) is 21.8. The summed E-state index contributed by atoms with van der Waals surface area (Å²) in [6.07, 6.45) is 6.15. The van der Waals surface area contributed by atoms with E-state index in [0.29, 0.717) is 12.8 Å². The van der Waals surface area contributed by atoms with Crippen molar-refractivity contribution in [3.05, 3.63) is 70.8 Å². The Kier molecular flexibility index (Phi) is 9.82. The highest BCUT2D eigenvalue weighted by atomic mass is 16.6. The first kappa shape index (κ1) is 27.6. The molecule has 0 amide bonds.